The summed E-state index contributed by atoms with van der Waals surface area (Å²) in [6, 6.07) is 6.47. The molecule has 3 aromatic rings. The van der Waals surface area contributed by atoms with Crippen molar-refractivity contribution in [1.29, 1.82) is 0 Å². The molecular weight excluding hydrogens is 460 g/mol. The van der Waals surface area contributed by atoms with Gasteiger partial charge in [-0.2, -0.15) is 0 Å². The van der Waals surface area contributed by atoms with E-state index in [-0.39, 0.29) is 48.2 Å². The Hall–Kier alpha value is -3.66. The average molecular weight is 485 g/mol. The fourth-order valence-corrected chi connectivity index (χ4v) is 4.22. The molecule has 35 heavy (non-hydrogen) atoms. The molecule has 1 aromatic carbocycles. The van der Waals surface area contributed by atoms with Gasteiger partial charge in [-0.25, -0.2) is 13.8 Å². The zero-order valence-corrected chi connectivity index (χ0v) is 19.2. The average Bonchev–Trinajstić information content (AvgIpc) is 2.84. The maximum absolute atomic E-state index is 14.0. The SMILES string of the molecule is CC(=O)CCc1c(C(=O)CCc2ccc(F)cc2F)c(=O)n(O)c2nc(N3CCOCC3)ccc12. The summed E-state index contributed by atoms with van der Waals surface area (Å²) < 4.78 is 32.9. The van der Waals surface area contributed by atoms with Gasteiger partial charge in [0.1, 0.15) is 23.2 Å². The van der Waals surface area contributed by atoms with E-state index in [4.69, 9.17) is 4.74 Å². The molecular formula is C25H25F2N3O5. The van der Waals surface area contributed by atoms with E-state index < -0.39 is 23.0 Å². The van der Waals surface area contributed by atoms with Gasteiger partial charge in [-0.15, -0.1) is 4.73 Å². The van der Waals surface area contributed by atoms with Gasteiger partial charge < -0.3 is 19.6 Å². The number of halogens is 2. The third-order valence-corrected chi connectivity index (χ3v) is 6.07. The first kappa shape index (κ1) is 24.5. The largest absolute Gasteiger partial charge is 0.423 e. The fourth-order valence-electron chi connectivity index (χ4n) is 4.22. The Morgan fingerprint density at radius 2 is 1.83 bits per heavy atom. The second-order valence-electron chi connectivity index (χ2n) is 8.47. The van der Waals surface area contributed by atoms with Gasteiger partial charge in [-0.05, 0) is 49.1 Å². The number of pyridine rings is 2. The highest BCUT2D eigenvalue weighted by atomic mass is 19.1. The highest BCUT2D eigenvalue weighted by molar-refractivity contribution is 6.01. The van der Waals surface area contributed by atoms with Crippen LogP contribution in [0.4, 0.5) is 14.6 Å². The number of morpholine rings is 1. The molecule has 0 atom stereocenters. The van der Waals surface area contributed by atoms with Crippen LogP contribution in [-0.4, -0.2) is 52.8 Å². The van der Waals surface area contributed by atoms with E-state index in [0.29, 0.717) is 47.8 Å². The summed E-state index contributed by atoms with van der Waals surface area (Å²) in [5.41, 5.74) is -0.779. The smallest absolute Gasteiger partial charge is 0.296 e. The third kappa shape index (κ3) is 5.22. The Morgan fingerprint density at radius 1 is 1.09 bits per heavy atom. The lowest BCUT2D eigenvalue weighted by Crippen LogP contribution is -2.37. The summed E-state index contributed by atoms with van der Waals surface area (Å²) in [5.74, 6) is -1.71. The molecule has 0 unspecified atom stereocenters. The van der Waals surface area contributed by atoms with E-state index in [0.717, 1.165) is 12.1 Å². The number of hydrogen-bond donors (Lipinski definition) is 1. The number of Topliss-reactive ketones (excluding diaryl/α,β-unsaturated/α-hetero) is 2. The maximum atomic E-state index is 14.0. The Kier molecular flexibility index (Phi) is 7.20. The number of anilines is 1. The lowest BCUT2D eigenvalue weighted by molar-refractivity contribution is -0.116. The molecule has 1 fully saturated rings. The number of ketones is 2. The zero-order chi connectivity index (χ0) is 25.1. The number of aryl methyl sites for hydroxylation is 2. The number of ether oxygens (including phenoxy) is 1. The summed E-state index contributed by atoms with van der Waals surface area (Å²) >= 11 is 0. The Morgan fingerprint density at radius 3 is 2.51 bits per heavy atom. The monoisotopic (exact) mass is 485 g/mol. The van der Waals surface area contributed by atoms with Crippen LogP contribution >= 0.6 is 0 Å². The molecule has 0 bridgehead atoms. The molecule has 1 N–H and O–H groups in total. The van der Waals surface area contributed by atoms with Crippen molar-refractivity contribution in [2.45, 2.75) is 32.6 Å². The molecule has 0 radical (unpaired) electrons. The minimum Gasteiger partial charge on any atom is -0.423 e. The molecule has 10 heteroatoms. The molecule has 0 aliphatic carbocycles. The summed E-state index contributed by atoms with van der Waals surface area (Å²) in [7, 11) is 0. The van der Waals surface area contributed by atoms with Crippen LogP contribution in [-0.2, 0) is 22.4 Å². The number of hydrogen-bond acceptors (Lipinski definition) is 7. The quantitative estimate of drug-likeness (QED) is 0.387. The Balaban J connectivity index is 1.75. The van der Waals surface area contributed by atoms with Crippen molar-refractivity contribution in [3.63, 3.8) is 0 Å². The predicted molar refractivity (Wildman–Crippen MR) is 124 cm³/mol. The first-order valence-corrected chi connectivity index (χ1v) is 11.3. The Labute approximate surface area is 199 Å². The molecule has 0 spiro atoms. The van der Waals surface area contributed by atoms with Crippen molar-refractivity contribution in [3.05, 3.63) is 69.0 Å². The lowest BCUT2D eigenvalue weighted by Gasteiger charge is -2.28. The van der Waals surface area contributed by atoms with Gasteiger partial charge in [-0.3, -0.25) is 9.59 Å². The number of carbonyl (C=O) groups is 2. The third-order valence-electron chi connectivity index (χ3n) is 6.07. The zero-order valence-electron chi connectivity index (χ0n) is 19.2. The van der Waals surface area contributed by atoms with Crippen LogP contribution in [0.5, 0.6) is 0 Å². The topological polar surface area (TPSA) is 102 Å². The number of fused-ring (bicyclic) bond motifs is 1. The minimum atomic E-state index is -0.952. The van der Waals surface area contributed by atoms with Crippen LogP contribution in [0.3, 0.4) is 0 Å². The van der Waals surface area contributed by atoms with Crippen LogP contribution in [0.2, 0.25) is 0 Å². The molecule has 3 heterocycles. The fraction of sp³-hybridized carbons (Fsp3) is 0.360. The minimum absolute atomic E-state index is 0.0151. The van der Waals surface area contributed by atoms with Crippen molar-refractivity contribution in [3.8, 4) is 0 Å². The van der Waals surface area contributed by atoms with Crippen LogP contribution in [0.1, 0.15) is 41.3 Å². The molecule has 1 aliphatic rings. The predicted octanol–water partition coefficient (Wildman–Crippen LogP) is 3.09. The van der Waals surface area contributed by atoms with Gasteiger partial charge in [0.2, 0.25) is 0 Å². The molecule has 8 nitrogen and oxygen atoms in total. The summed E-state index contributed by atoms with van der Waals surface area (Å²) in [6.07, 6.45) is -0.113. The Bertz CT molecular complexity index is 1350. The summed E-state index contributed by atoms with van der Waals surface area (Å²) in [6.45, 7) is 3.65. The van der Waals surface area contributed by atoms with Gasteiger partial charge in [0.25, 0.3) is 5.56 Å². The van der Waals surface area contributed by atoms with Crippen molar-refractivity contribution in [1.82, 2.24) is 9.71 Å². The van der Waals surface area contributed by atoms with Crippen molar-refractivity contribution in [2.75, 3.05) is 31.2 Å². The number of aromatic nitrogens is 2. The van der Waals surface area contributed by atoms with Gasteiger partial charge in [0.05, 0.1) is 18.8 Å². The second kappa shape index (κ2) is 10.3. The molecule has 4 rings (SSSR count). The van der Waals surface area contributed by atoms with E-state index >= 15 is 0 Å². The number of carbonyl (C=O) groups excluding carboxylic acids is 2. The van der Waals surface area contributed by atoms with E-state index in [1.165, 1.54) is 13.0 Å². The normalized spacial score (nSPS) is 13.9. The first-order chi connectivity index (χ1) is 16.8. The highest BCUT2D eigenvalue weighted by Crippen LogP contribution is 2.25. The number of nitrogens with zero attached hydrogens (tertiary/aromatic N) is 3. The summed E-state index contributed by atoms with van der Waals surface area (Å²) in [4.78, 5) is 44.4. The van der Waals surface area contributed by atoms with E-state index in [2.05, 4.69) is 4.98 Å². The molecule has 0 amide bonds. The van der Waals surface area contributed by atoms with Gasteiger partial charge in [0.15, 0.2) is 11.4 Å². The number of benzene rings is 1. The van der Waals surface area contributed by atoms with Gasteiger partial charge in [0, 0.05) is 37.4 Å². The van der Waals surface area contributed by atoms with Crippen molar-refractivity contribution in [2.24, 2.45) is 0 Å². The molecule has 0 saturated carbocycles. The second-order valence-corrected chi connectivity index (χ2v) is 8.47. The molecule has 1 saturated heterocycles. The van der Waals surface area contributed by atoms with E-state index in [9.17, 15) is 28.4 Å². The van der Waals surface area contributed by atoms with Crippen LogP contribution in [0, 0.1) is 11.6 Å². The number of rotatable bonds is 8. The van der Waals surface area contributed by atoms with E-state index in [1.807, 2.05) is 4.90 Å². The van der Waals surface area contributed by atoms with Crippen LogP contribution in [0.15, 0.2) is 35.1 Å². The van der Waals surface area contributed by atoms with Crippen molar-refractivity contribution >= 4 is 28.4 Å². The molecule has 184 valence electrons. The lowest BCUT2D eigenvalue weighted by atomic mass is 9.94. The standard InChI is InChI=1S/C25H25F2N3O5/c1-15(31)2-6-18-19-7-9-22(29-10-12-35-13-11-29)28-24(19)30(34)25(33)23(18)21(32)8-4-16-3-5-17(26)14-20(16)27/h3,5,7,9,14,34H,2,4,6,8,10-13H2,1H3. The first-order valence-electron chi connectivity index (χ1n) is 11.3. The van der Waals surface area contributed by atoms with Crippen LogP contribution < -0.4 is 10.5 Å². The van der Waals surface area contributed by atoms with Gasteiger partial charge >= 0.3 is 0 Å². The van der Waals surface area contributed by atoms with E-state index in [1.54, 1.807) is 12.1 Å². The van der Waals surface area contributed by atoms with Crippen molar-refractivity contribution < 1.29 is 28.3 Å². The van der Waals surface area contributed by atoms with Gasteiger partial charge in [-0.1, -0.05) is 6.07 Å². The highest BCUT2D eigenvalue weighted by Gasteiger charge is 2.24. The summed E-state index contributed by atoms with van der Waals surface area (Å²) in [5, 5.41) is 11.0. The van der Waals surface area contributed by atoms with Crippen LogP contribution in [0.25, 0.3) is 11.0 Å². The maximum Gasteiger partial charge on any atom is 0.296 e. The molecule has 2 aromatic heterocycles. The molecule has 1 aliphatic heterocycles.